The van der Waals surface area contributed by atoms with Crippen LogP contribution in [0.2, 0.25) is 5.82 Å². The van der Waals surface area contributed by atoms with Gasteiger partial charge in [-0.05, 0) is 171 Å². The predicted molar refractivity (Wildman–Crippen MR) is 393 cm³/mol. The van der Waals surface area contributed by atoms with Crippen LogP contribution in [0, 0.1) is 6.92 Å². The molecule has 0 fully saturated rings. The molecule has 18 rings (SSSR count). The van der Waals surface area contributed by atoms with E-state index < -0.39 is 0 Å². The minimum Gasteiger partial charge on any atom is -0.458 e. The van der Waals surface area contributed by atoms with E-state index in [1.54, 1.807) is 0 Å². The number of ether oxygens (including phenoxy) is 1. The number of benzene rings is 13. The van der Waals surface area contributed by atoms with Crippen molar-refractivity contribution in [2.24, 2.45) is 0 Å². The van der Waals surface area contributed by atoms with Crippen LogP contribution >= 0.6 is 11.8 Å². The zero-order chi connectivity index (χ0) is 61.5. The molecule has 5 aliphatic rings. The molecule has 0 N–H and O–H groups in total. The van der Waals surface area contributed by atoms with Gasteiger partial charge in [0.1, 0.15) is 11.5 Å². The second kappa shape index (κ2) is 22.6. The Hall–Kier alpha value is -11.2. The van der Waals surface area contributed by atoms with Crippen LogP contribution < -0.4 is 46.2 Å². The third kappa shape index (κ3) is 9.26. The summed E-state index contributed by atoms with van der Waals surface area (Å²) in [6.07, 6.45) is 5.40. The second-order valence-corrected chi connectivity index (χ2v) is 25.9. The van der Waals surface area contributed by atoms with Gasteiger partial charge in [-0.15, -0.1) is 11.8 Å². The highest BCUT2D eigenvalue weighted by molar-refractivity contribution is 8.00. The quantitative estimate of drug-likeness (QED) is 0.120. The lowest BCUT2D eigenvalue weighted by Gasteiger charge is -2.49. The topological polar surface area (TPSA) is 22.2 Å². The Bertz CT molecular complexity index is 4950. The average molecular weight is 1210 g/mol. The number of allylic oxidation sites excluding steroid dienone is 2. The Balaban J connectivity index is 0.887. The Morgan fingerprint density at radius 1 is 0.376 bits per heavy atom. The van der Waals surface area contributed by atoms with E-state index in [2.05, 4.69) is 360 Å². The van der Waals surface area contributed by atoms with Crippen molar-refractivity contribution in [2.75, 3.05) is 19.6 Å². The van der Waals surface area contributed by atoms with Gasteiger partial charge in [0.2, 0.25) is 6.71 Å². The van der Waals surface area contributed by atoms with Crippen LogP contribution in [0.25, 0.3) is 33.4 Å². The number of aryl methyl sites for hydroxylation is 1. The van der Waals surface area contributed by atoms with Gasteiger partial charge in [-0.1, -0.05) is 231 Å². The van der Waals surface area contributed by atoms with Crippen LogP contribution in [0.15, 0.2) is 350 Å². The van der Waals surface area contributed by atoms with Gasteiger partial charge in [0.05, 0.1) is 11.4 Å². The molecule has 2 unspecified atom stereocenters. The normalized spacial score (nSPS) is 15.2. The van der Waals surface area contributed by atoms with Crippen molar-refractivity contribution in [3.63, 3.8) is 0 Å². The van der Waals surface area contributed by atoms with Crippen LogP contribution in [-0.2, 0) is 0 Å². The molecule has 2 atom stereocenters. The highest BCUT2D eigenvalue weighted by Crippen LogP contribution is 2.56. The molecule has 1 aliphatic carbocycles. The Morgan fingerprint density at radius 3 is 1.48 bits per heavy atom. The molecular weight excluding hydrogens is 1150 g/mol. The summed E-state index contributed by atoms with van der Waals surface area (Å²) in [4.78, 5) is 11.3. The molecule has 0 saturated heterocycles. The summed E-state index contributed by atoms with van der Waals surface area (Å²) < 4.78 is 7.45. The fraction of sp³-hybridized carbons (Fsp3) is 0.0353. The molecule has 0 saturated carbocycles. The lowest BCUT2D eigenvalue weighted by molar-refractivity contribution is 0.487. The summed E-state index contributed by atoms with van der Waals surface area (Å²) in [6.45, 7) is 2.17. The molecule has 5 nitrogen and oxygen atoms in total. The van der Waals surface area contributed by atoms with E-state index >= 15 is 0 Å². The van der Waals surface area contributed by atoms with Crippen molar-refractivity contribution < 1.29 is 4.74 Å². The van der Waals surface area contributed by atoms with Crippen molar-refractivity contribution >= 4 is 110 Å². The molecule has 0 amide bonds. The van der Waals surface area contributed by atoms with E-state index in [1.165, 1.54) is 60.5 Å². The van der Waals surface area contributed by atoms with E-state index in [9.17, 15) is 0 Å². The van der Waals surface area contributed by atoms with Crippen molar-refractivity contribution in [1.82, 2.24) is 0 Å². The number of para-hydroxylation sites is 6. The number of rotatable bonds is 11. The van der Waals surface area contributed by atoms with Crippen molar-refractivity contribution in [1.29, 1.82) is 0 Å². The third-order valence-corrected chi connectivity index (χ3v) is 20.7. The highest BCUT2D eigenvalue weighted by Gasteiger charge is 2.52. The zero-order valence-corrected chi connectivity index (χ0v) is 52.0. The van der Waals surface area contributed by atoms with E-state index in [0.717, 1.165) is 90.4 Å². The maximum Gasteiger partial charge on any atom is 0.255 e. The fourth-order valence-corrected chi connectivity index (χ4v) is 16.8. The standard InChI is InChI=1S/C85H60B2N4OS/c1-57-25-24-38-70(62-30-12-4-13-31-62)85(57)91-76-56-81-74(86-71-39-20-22-41-75(71)90(65-36-18-7-19-37-65)78-52-69(54-82(93-81)84(78)86)88(63-32-14-5-15-33-63)64-34-16-6-17-35-64)55-73(76)87-72-40-21-23-42-79(72)92-80-53-68(51-77(91)83(80)87)89(66-47-43-60(44-48-66)58-26-8-2-9-27-58)67-49-45-61(46-50-67)59-28-10-3-11-29-59/h2-56,74,81H,1H3. The van der Waals surface area contributed by atoms with Crippen LogP contribution in [0.1, 0.15) is 5.56 Å². The Kier molecular flexibility index (Phi) is 13.3. The molecule has 13 aromatic rings. The maximum atomic E-state index is 7.45. The summed E-state index contributed by atoms with van der Waals surface area (Å²) in [5.41, 5.74) is 27.9. The summed E-state index contributed by atoms with van der Waals surface area (Å²) in [6, 6.07) is 118. The van der Waals surface area contributed by atoms with Crippen molar-refractivity contribution in [3.05, 3.63) is 350 Å². The van der Waals surface area contributed by atoms with E-state index in [-0.39, 0.29) is 24.5 Å². The molecule has 8 heteroatoms. The molecule has 0 aromatic heterocycles. The van der Waals surface area contributed by atoms with E-state index in [4.69, 9.17) is 4.74 Å². The molecule has 4 heterocycles. The number of nitrogens with zero attached hydrogens (tertiary/aromatic N) is 4. The number of hydrogen-bond donors (Lipinski definition) is 0. The monoisotopic (exact) mass is 1210 g/mol. The lowest BCUT2D eigenvalue weighted by Crippen LogP contribution is -2.59. The van der Waals surface area contributed by atoms with Crippen LogP contribution in [0.4, 0.5) is 62.6 Å². The lowest BCUT2D eigenvalue weighted by atomic mass is 9.28. The average Bonchev–Trinajstić information content (AvgIpc) is 0.696. The van der Waals surface area contributed by atoms with Crippen LogP contribution in [-0.4, -0.2) is 18.7 Å². The highest BCUT2D eigenvalue weighted by atomic mass is 32.2. The fourth-order valence-electron chi connectivity index (χ4n) is 15.3. The number of hydrogen-bond acceptors (Lipinski definition) is 6. The van der Waals surface area contributed by atoms with Crippen LogP contribution in [0.3, 0.4) is 0 Å². The molecular formula is C85H60B2N4OS. The molecule has 438 valence electrons. The predicted octanol–water partition coefficient (Wildman–Crippen LogP) is 20.1. The first-order valence-corrected chi connectivity index (χ1v) is 33.1. The van der Waals surface area contributed by atoms with Crippen LogP contribution in [0.5, 0.6) is 11.5 Å². The minimum atomic E-state index is -0.149. The number of anilines is 11. The summed E-state index contributed by atoms with van der Waals surface area (Å²) in [5.74, 6) is 1.80. The van der Waals surface area contributed by atoms with Gasteiger partial charge >= 0.3 is 0 Å². The molecule has 93 heavy (non-hydrogen) atoms. The van der Waals surface area contributed by atoms with Gasteiger partial charge in [-0.25, -0.2) is 0 Å². The smallest absolute Gasteiger partial charge is 0.255 e. The zero-order valence-electron chi connectivity index (χ0n) is 51.2. The van der Waals surface area contributed by atoms with Gasteiger partial charge in [0.25, 0.3) is 6.71 Å². The summed E-state index contributed by atoms with van der Waals surface area (Å²) >= 11 is 2.02. The largest absolute Gasteiger partial charge is 0.458 e. The number of fused-ring (bicyclic) bond motifs is 8. The summed E-state index contributed by atoms with van der Waals surface area (Å²) in [5, 5.41) is 0.0244. The molecule has 0 radical (unpaired) electrons. The van der Waals surface area contributed by atoms with Gasteiger partial charge in [0.15, 0.2) is 0 Å². The van der Waals surface area contributed by atoms with E-state index in [0.29, 0.717) is 0 Å². The Labute approximate surface area is 548 Å². The van der Waals surface area contributed by atoms with Gasteiger partial charge in [-0.2, -0.15) is 0 Å². The Morgan fingerprint density at radius 2 is 0.871 bits per heavy atom. The summed E-state index contributed by atoms with van der Waals surface area (Å²) in [7, 11) is 0. The number of thioether (sulfide) groups is 1. The SMILES string of the molecule is Cc1cccc(-c2ccccc2)c1N1C2=CC3Sc4cc(N(c5ccccc5)c5ccccc5)cc5c4B(c4ccccc4N5c4ccccc4)C3C=C2B2c3ccccc3Oc3cc(N(c4ccc(-c5ccccc5)cc4)c4ccc(-c5ccccc5)cc4)cc1c32. The van der Waals surface area contributed by atoms with Crippen molar-refractivity contribution in [2.45, 2.75) is 22.9 Å². The first-order chi connectivity index (χ1) is 46.1. The maximum absolute atomic E-state index is 7.45. The van der Waals surface area contributed by atoms with Gasteiger partial charge in [-0.3, -0.25) is 0 Å². The molecule has 0 spiro atoms. The molecule has 4 aliphatic heterocycles. The second-order valence-electron chi connectivity index (χ2n) is 24.7. The molecule has 0 bridgehead atoms. The third-order valence-electron chi connectivity index (χ3n) is 19.4. The first kappa shape index (κ1) is 54.7. The van der Waals surface area contributed by atoms with Crippen molar-refractivity contribution in [3.8, 4) is 44.9 Å². The first-order valence-electron chi connectivity index (χ1n) is 32.2. The van der Waals surface area contributed by atoms with Gasteiger partial charge < -0.3 is 24.3 Å². The minimum absolute atomic E-state index is 0.0244. The molecule has 13 aromatic carbocycles. The van der Waals surface area contributed by atoms with E-state index in [1.807, 2.05) is 11.8 Å². The van der Waals surface area contributed by atoms with Gasteiger partial charge in [0, 0.05) is 78.7 Å².